The number of carbonyl (C=O) groups is 2. The molecule has 0 aromatic heterocycles. The van der Waals surface area contributed by atoms with Crippen LogP contribution in [0.2, 0.25) is 0 Å². The predicted octanol–water partition coefficient (Wildman–Crippen LogP) is -2.39. The number of carbonyl (C=O) groups excluding carboxylic acids is 2. The van der Waals surface area contributed by atoms with Gasteiger partial charge in [0.25, 0.3) is 0 Å². The van der Waals surface area contributed by atoms with E-state index >= 15 is 0 Å². The Balaban J connectivity index is 4.46. The number of ketones is 2. The van der Waals surface area contributed by atoms with Crippen molar-refractivity contribution < 1.29 is 30.0 Å². The maximum Gasteiger partial charge on any atom is 0.229 e. The third kappa shape index (κ3) is 3.15. The van der Waals surface area contributed by atoms with Crippen LogP contribution in [-0.2, 0) is 9.59 Å². The molecule has 0 aliphatic heterocycles. The van der Waals surface area contributed by atoms with Crippen molar-refractivity contribution >= 4 is 11.6 Å². The number of aliphatic hydroxyl groups excluding tert-OH is 4. The zero-order chi connectivity index (χ0) is 11.5. The summed E-state index contributed by atoms with van der Waals surface area (Å²) in [7, 11) is 0. The van der Waals surface area contributed by atoms with Gasteiger partial charge < -0.3 is 20.4 Å². The van der Waals surface area contributed by atoms with Crippen LogP contribution in [0.4, 0.5) is 0 Å². The molecule has 0 aliphatic rings. The van der Waals surface area contributed by atoms with Crippen molar-refractivity contribution in [3.8, 4) is 0 Å². The highest BCUT2D eigenvalue weighted by atomic mass is 16.4. The van der Waals surface area contributed by atoms with Crippen LogP contribution < -0.4 is 0 Å². The van der Waals surface area contributed by atoms with Crippen LogP contribution >= 0.6 is 0 Å². The molecule has 0 saturated heterocycles. The Hall–Kier alpha value is -0.820. The van der Waals surface area contributed by atoms with Gasteiger partial charge >= 0.3 is 0 Å². The molecule has 0 fully saturated rings. The summed E-state index contributed by atoms with van der Waals surface area (Å²) in [5, 5.41) is 36.1. The van der Waals surface area contributed by atoms with Gasteiger partial charge in [-0.1, -0.05) is 0 Å². The minimum Gasteiger partial charge on any atom is -0.391 e. The molecular weight excluding hydrogens is 192 g/mol. The van der Waals surface area contributed by atoms with Crippen molar-refractivity contribution in [3.63, 3.8) is 0 Å². The first-order valence-corrected chi connectivity index (χ1v) is 4.06. The first-order chi connectivity index (χ1) is 6.29. The van der Waals surface area contributed by atoms with E-state index < -0.39 is 36.0 Å². The molecule has 4 N–H and O–H groups in total. The second-order valence-corrected chi connectivity index (χ2v) is 3.09. The molecule has 0 bridgehead atoms. The van der Waals surface area contributed by atoms with Gasteiger partial charge in [0.1, 0.15) is 18.3 Å². The average molecular weight is 206 g/mol. The first kappa shape index (κ1) is 13.2. The van der Waals surface area contributed by atoms with Gasteiger partial charge in [-0.3, -0.25) is 9.59 Å². The molecule has 0 aliphatic carbocycles. The predicted molar refractivity (Wildman–Crippen MR) is 45.4 cm³/mol. The number of hydrogen-bond donors (Lipinski definition) is 4. The summed E-state index contributed by atoms with van der Waals surface area (Å²) in [5.74, 6) is -2.12. The molecule has 0 amide bonds. The monoisotopic (exact) mass is 206 g/mol. The topological polar surface area (TPSA) is 115 Å². The molecule has 4 atom stereocenters. The van der Waals surface area contributed by atoms with E-state index in [1.54, 1.807) is 0 Å². The molecule has 0 aromatic rings. The minimum atomic E-state index is -2.00. The highest BCUT2D eigenvalue weighted by molar-refractivity contribution is 6.38. The van der Waals surface area contributed by atoms with Crippen molar-refractivity contribution in [2.24, 2.45) is 0 Å². The summed E-state index contributed by atoms with van der Waals surface area (Å²) in [6.45, 7) is 2.12. The summed E-state index contributed by atoms with van der Waals surface area (Å²) < 4.78 is 0. The zero-order valence-corrected chi connectivity index (χ0v) is 7.91. The fraction of sp³-hybridized carbons (Fsp3) is 0.750. The van der Waals surface area contributed by atoms with E-state index in [1.807, 2.05) is 0 Å². The van der Waals surface area contributed by atoms with Gasteiger partial charge in [0.2, 0.25) is 5.78 Å². The molecule has 0 heterocycles. The fourth-order valence-corrected chi connectivity index (χ4v) is 0.835. The van der Waals surface area contributed by atoms with Gasteiger partial charge in [-0.25, -0.2) is 0 Å². The lowest BCUT2D eigenvalue weighted by atomic mass is 9.99. The molecule has 0 rings (SSSR count). The van der Waals surface area contributed by atoms with E-state index in [1.165, 1.54) is 6.92 Å². The Labute approximate surface area is 80.8 Å². The molecular formula is C8H14O6. The highest BCUT2D eigenvalue weighted by Gasteiger charge is 2.34. The summed E-state index contributed by atoms with van der Waals surface area (Å²) in [5.41, 5.74) is 0. The number of Topliss-reactive ketones (excluding diaryl/α,β-unsaturated/α-hetero) is 2. The van der Waals surface area contributed by atoms with Crippen LogP contribution in [0, 0.1) is 0 Å². The molecule has 0 aromatic carbocycles. The number of rotatable bonds is 5. The van der Waals surface area contributed by atoms with E-state index in [0.717, 1.165) is 6.92 Å². The number of aliphatic hydroxyl groups is 4. The van der Waals surface area contributed by atoms with Crippen LogP contribution in [0.1, 0.15) is 13.8 Å². The van der Waals surface area contributed by atoms with Gasteiger partial charge in [-0.05, 0) is 6.92 Å². The van der Waals surface area contributed by atoms with Crippen LogP contribution in [0.5, 0.6) is 0 Å². The Bertz CT molecular complexity index is 224. The third-order valence-electron chi connectivity index (χ3n) is 1.78. The zero-order valence-electron chi connectivity index (χ0n) is 7.91. The lowest BCUT2D eigenvalue weighted by Crippen LogP contribution is -2.48. The second kappa shape index (κ2) is 5.16. The normalized spacial score (nSPS) is 19.6. The minimum absolute atomic E-state index is 0.922. The first-order valence-electron chi connectivity index (χ1n) is 4.06. The Morgan fingerprint density at radius 1 is 1.00 bits per heavy atom. The SMILES string of the molecule is CC(=O)C(=O)[C@@H](O)[C@H](O)[C@H](O)[C@H](C)O. The van der Waals surface area contributed by atoms with Crippen molar-refractivity contribution in [1.29, 1.82) is 0 Å². The van der Waals surface area contributed by atoms with Gasteiger partial charge in [0, 0.05) is 6.92 Å². The Morgan fingerprint density at radius 3 is 1.71 bits per heavy atom. The Kier molecular flexibility index (Phi) is 4.86. The smallest absolute Gasteiger partial charge is 0.229 e. The van der Waals surface area contributed by atoms with Crippen LogP contribution in [0.15, 0.2) is 0 Å². The second-order valence-electron chi connectivity index (χ2n) is 3.09. The van der Waals surface area contributed by atoms with E-state index in [-0.39, 0.29) is 0 Å². The lowest BCUT2D eigenvalue weighted by Gasteiger charge is -2.23. The lowest BCUT2D eigenvalue weighted by molar-refractivity contribution is -0.151. The van der Waals surface area contributed by atoms with E-state index in [9.17, 15) is 9.59 Å². The van der Waals surface area contributed by atoms with E-state index in [0.29, 0.717) is 0 Å². The van der Waals surface area contributed by atoms with Gasteiger partial charge in [-0.15, -0.1) is 0 Å². The van der Waals surface area contributed by atoms with Crippen molar-refractivity contribution in [1.82, 2.24) is 0 Å². The van der Waals surface area contributed by atoms with Crippen molar-refractivity contribution in [2.75, 3.05) is 0 Å². The standard InChI is InChI=1S/C8H14O6/c1-3(9)5(11)7(13)8(14)6(12)4(2)10/h3,5,7-9,11,13-14H,1-2H3/t3-,5+,7+,8+/m0/s1. The van der Waals surface area contributed by atoms with E-state index in [2.05, 4.69) is 0 Å². The quantitative estimate of drug-likeness (QED) is 0.373. The van der Waals surface area contributed by atoms with E-state index in [4.69, 9.17) is 20.4 Å². The van der Waals surface area contributed by atoms with Crippen molar-refractivity contribution in [3.05, 3.63) is 0 Å². The van der Waals surface area contributed by atoms with Gasteiger partial charge in [-0.2, -0.15) is 0 Å². The average Bonchev–Trinajstić information content (AvgIpc) is 2.12. The Morgan fingerprint density at radius 2 is 1.43 bits per heavy atom. The number of hydrogen-bond acceptors (Lipinski definition) is 6. The van der Waals surface area contributed by atoms with Crippen molar-refractivity contribution in [2.45, 2.75) is 38.3 Å². The molecule has 6 heteroatoms. The summed E-state index contributed by atoms with van der Waals surface area (Å²) in [6.07, 6.45) is -6.85. The molecule has 0 radical (unpaired) electrons. The van der Waals surface area contributed by atoms with Gasteiger partial charge in [0.15, 0.2) is 5.78 Å². The fourth-order valence-electron chi connectivity index (χ4n) is 0.835. The van der Waals surface area contributed by atoms with Crippen LogP contribution in [-0.4, -0.2) is 56.4 Å². The summed E-state index contributed by atoms with van der Waals surface area (Å²) in [4.78, 5) is 21.4. The molecule has 0 unspecified atom stereocenters. The largest absolute Gasteiger partial charge is 0.391 e. The summed E-state index contributed by atoms with van der Waals surface area (Å²) in [6, 6.07) is 0. The van der Waals surface area contributed by atoms with Crippen LogP contribution in [0.25, 0.3) is 0 Å². The highest BCUT2D eigenvalue weighted by Crippen LogP contribution is 2.05. The molecule has 82 valence electrons. The summed E-state index contributed by atoms with van der Waals surface area (Å²) >= 11 is 0. The van der Waals surface area contributed by atoms with Crippen LogP contribution in [0.3, 0.4) is 0 Å². The molecule has 6 nitrogen and oxygen atoms in total. The maximum absolute atomic E-state index is 10.9. The maximum atomic E-state index is 10.9. The molecule has 0 spiro atoms. The molecule has 0 saturated carbocycles. The van der Waals surface area contributed by atoms with Gasteiger partial charge in [0.05, 0.1) is 6.10 Å². The molecule has 14 heavy (non-hydrogen) atoms. The third-order valence-corrected chi connectivity index (χ3v) is 1.78.